The minimum atomic E-state index is -0.313. The first-order valence-corrected chi connectivity index (χ1v) is 8.54. The molecule has 0 aliphatic heterocycles. The van der Waals surface area contributed by atoms with Crippen LogP contribution >= 0.6 is 23.8 Å². The van der Waals surface area contributed by atoms with E-state index in [1.165, 1.54) is 0 Å². The van der Waals surface area contributed by atoms with Gasteiger partial charge >= 0.3 is 0 Å². The van der Waals surface area contributed by atoms with Gasteiger partial charge in [0.25, 0.3) is 5.91 Å². The first-order valence-electron chi connectivity index (χ1n) is 7.75. The van der Waals surface area contributed by atoms with Crippen LogP contribution in [0.5, 0.6) is 0 Å². The topological polar surface area (TPSA) is 82.3 Å². The van der Waals surface area contributed by atoms with Crippen LogP contribution in [-0.4, -0.2) is 30.0 Å². The van der Waals surface area contributed by atoms with Crippen molar-refractivity contribution in [2.45, 2.75) is 26.7 Å². The van der Waals surface area contributed by atoms with E-state index in [9.17, 15) is 9.59 Å². The second-order valence-electron chi connectivity index (χ2n) is 5.60. The Morgan fingerprint density at radius 1 is 1.12 bits per heavy atom. The summed E-state index contributed by atoms with van der Waals surface area (Å²) in [6.07, 6.45) is 1.11. The van der Waals surface area contributed by atoms with Gasteiger partial charge in [-0.25, -0.2) is 0 Å². The smallest absolute Gasteiger partial charge is 0.252 e. The quantitative estimate of drug-likeness (QED) is 0.436. The molecule has 0 spiro atoms. The molecular weight excluding hydrogens is 348 g/mol. The van der Waals surface area contributed by atoms with E-state index in [-0.39, 0.29) is 24.8 Å². The Morgan fingerprint density at radius 2 is 1.83 bits per heavy atom. The highest BCUT2D eigenvalue weighted by atomic mass is 35.5. The SMILES string of the molecule is CC(C)CCNC(=S)NNC(=O)CCNC(=O)c1ccccc1Cl. The van der Waals surface area contributed by atoms with Gasteiger partial charge in [-0.3, -0.25) is 20.4 Å². The first kappa shape index (κ1) is 20.2. The number of amides is 2. The highest BCUT2D eigenvalue weighted by Crippen LogP contribution is 2.14. The molecule has 132 valence electrons. The lowest BCUT2D eigenvalue weighted by atomic mass is 10.1. The molecular formula is C16H23ClN4O2S. The maximum absolute atomic E-state index is 11.9. The molecule has 0 fully saturated rings. The van der Waals surface area contributed by atoms with Crippen LogP contribution in [0.1, 0.15) is 37.0 Å². The van der Waals surface area contributed by atoms with E-state index in [2.05, 4.69) is 35.3 Å². The second-order valence-corrected chi connectivity index (χ2v) is 6.41. The molecule has 0 saturated heterocycles. The van der Waals surface area contributed by atoms with E-state index in [1.54, 1.807) is 24.3 Å². The maximum Gasteiger partial charge on any atom is 0.252 e. The standard InChI is InChI=1S/C16H23ClN4O2S/c1-11(2)7-9-19-16(24)21-20-14(22)8-10-18-15(23)12-5-3-4-6-13(12)17/h3-6,11H,7-10H2,1-2H3,(H,18,23)(H,20,22)(H2,19,21,24). The number of carbonyl (C=O) groups is 2. The summed E-state index contributed by atoms with van der Waals surface area (Å²) in [5.74, 6) is -0.00804. The molecule has 0 saturated carbocycles. The van der Waals surface area contributed by atoms with Crippen LogP contribution in [0, 0.1) is 5.92 Å². The van der Waals surface area contributed by atoms with E-state index < -0.39 is 0 Å². The van der Waals surface area contributed by atoms with E-state index in [4.69, 9.17) is 23.8 Å². The van der Waals surface area contributed by atoms with E-state index in [0.29, 0.717) is 21.6 Å². The minimum absolute atomic E-state index is 0.123. The molecule has 1 aromatic carbocycles. The van der Waals surface area contributed by atoms with Crippen LogP contribution in [-0.2, 0) is 4.79 Å². The maximum atomic E-state index is 11.9. The monoisotopic (exact) mass is 370 g/mol. The number of halogens is 1. The van der Waals surface area contributed by atoms with Gasteiger partial charge in [-0.2, -0.15) is 0 Å². The Labute approximate surface area is 152 Å². The van der Waals surface area contributed by atoms with Gasteiger partial charge in [0.2, 0.25) is 5.91 Å². The highest BCUT2D eigenvalue weighted by Gasteiger charge is 2.09. The molecule has 0 aromatic heterocycles. The lowest BCUT2D eigenvalue weighted by Crippen LogP contribution is -2.47. The average molecular weight is 371 g/mol. The Kier molecular flexibility index (Phi) is 9.11. The normalized spacial score (nSPS) is 10.2. The van der Waals surface area contributed by atoms with Crippen LogP contribution < -0.4 is 21.5 Å². The molecule has 0 bridgehead atoms. The van der Waals surface area contributed by atoms with Crippen molar-refractivity contribution >= 4 is 40.7 Å². The molecule has 6 nitrogen and oxygen atoms in total. The van der Waals surface area contributed by atoms with E-state index in [0.717, 1.165) is 13.0 Å². The van der Waals surface area contributed by atoms with Crippen molar-refractivity contribution in [1.29, 1.82) is 0 Å². The van der Waals surface area contributed by atoms with Gasteiger partial charge in [-0.05, 0) is 36.7 Å². The van der Waals surface area contributed by atoms with Crippen molar-refractivity contribution in [3.8, 4) is 0 Å². The van der Waals surface area contributed by atoms with Gasteiger partial charge in [0.05, 0.1) is 10.6 Å². The summed E-state index contributed by atoms with van der Waals surface area (Å²) < 4.78 is 0. The average Bonchev–Trinajstić information content (AvgIpc) is 2.53. The predicted molar refractivity (Wildman–Crippen MR) is 99.7 cm³/mol. The summed E-state index contributed by atoms with van der Waals surface area (Å²) in [5, 5.41) is 6.38. The summed E-state index contributed by atoms with van der Waals surface area (Å²) in [6.45, 7) is 5.19. The lowest BCUT2D eigenvalue weighted by Gasteiger charge is -2.12. The molecule has 1 aromatic rings. The fourth-order valence-corrected chi connectivity index (χ4v) is 2.11. The molecule has 0 atom stereocenters. The zero-order valence-electron chi connectivity index (χ0n) is 13.8. The minimum Gasteiger partial charge on any atom is -0.361 e. The third-order valence-electron chi connectivity index (χ3n) is 3.08. The number of nitrogens with one attached hydrogen (secondary N) is 4. The van der Waals surface area contributed by atoms with Crippen LogP contribution in [0.2, 0.25) is 5.02 Å². The molecule has 2 amide bonds. The van der Waals surface area contributed by atoms with Crippen molar-refractivity contribution in [3.05, 3.63) is 34.9 Å². The molecule has 0 heterocycles. The molecule has 0 aliphatic carbocycles. The largest absolute Gasteiger partial charge is 0.361 e. The highest BCUT2D eigenvalue weighted by molar-refractivity contribution is 7.80. The van der Waals surface area contributed by atoms with Gasteiger partial charge in [0.1, 0.15) is 0 Å². The van der Waals surface area contributed by atoms with Crippen molar-refractivity contribution in [3.63, 3.8) is 0 Å². The van der Waals surface area contributed by atoms with Crippen LogP contribution in [0.3, 0.4) is 0 Å². The second kappa shape index (κ2) is 10.8. The Morgan fingerprint density at radius 3 is 2.50 bits per heavy atom. The molecule has 4 N–H and O–H groups in total. The lowest BCUT2D eigenvalue weighted by molar-refractivity contribution is -0.121. The molecule has 0 unspecified atom stereocenters. The van der Waals surface area contributed by atoms with Crippen molar-refractivity contribution in [2.24, 2.45) is 5.92 Å². The number of hydrogen-bond donors (Lipinski definition) is 4. The van der Waals surface area contributed by atoms with Crippen LogP contribution in [0.4, 0.5) is 0 Å². The molecule has 1 rings (SSSR count). The van der Waals surface area contributed by atoms with Gasteiger partial charge in [-0.15, -0.1) is 0 Å². The summed E-state index contributed by atoms with van der Waals surface area (Å²) in [4.78, 5) is 23.6. The summed E-state index contributed by atoms with van der Waals surface area (Å²) >= 11 is 11.0. The number of hydrogen-bond acceptors (Lipinski definition) is 3. The Balaban J connectivity index is 2.19. The zero-order chi connectivity index (χ0) is 17.9. The van der Waals surface area contributed by atoms with Crippen molar-refractivity contribution in [2.75, 3.05) is 13.1 Å². The summed E-state index contributed by atoms with van der Waals surface area (Å²) in [5.41, 5.74) is 5.48. The first-order chi connectivity index (χ1) is 11.4. The summed E-state index contributed by atoms with van der Waals surface area (Å²) in [7, 11) is 0. The van der Waals surface area contributed by atoms with E-state index in [1.807, 2.05) is 0 Å². The fourth-order valence-electron chi connectivity index (χ4n) is 1.74. The van der Waals surface area contributed by atoms with Crippen molar-refractivity contribution < 1.29 is 9.59 Å². The third kappa shape index (κ3) is 8.12. The summed E-state index contributed by atoms with van der Waals surface area (Å²) in [6, 6.07) is 6.74. The molecule has 0 radical (unpaired) electrons. The number of thiocarbonyl (C=S) groups is 1. The van der Waals surface area contributed by atoms with Gasteiger partial charge in [0.15, 0.2) is 5.11 Å². The Hall–Kier alpha value is -1.86. The predicted octanol–water partition coefficient (Wildman–Crippen LogP) is 2.00. The zero-order valence-corrected chi connectivity index (χ0v) is 15.4. The number of hydrazine groups is 1. The molecule has 24 heavy (non-hydrogen) atoms. The van der Waals surface area contributed by atoms with Gasteiger partial charge in [0, 0.05) is 19.5 Å². The number of carbonyl (C=O) groups excluding carboxylic acids is 2. The van der Waals surface area contributed by atoms with Gasteiger partial charge in [-0.1, -0.05) is 37.6 Å². The van der Waals surface area contributed by atoms with Gasteiger partial charge < -0.3 is 10.6 Å². The molecule has 8 heteroatoms. The van der Waals surface area contributed by atoms with Crippen LogP contribution in [0.25, 0.3) is 0 Å². The van der Waals surface area contributed by atoms with E-state index >= 15 is 0 Å². The number of rotatable bonds is 7. The Bertz CT molecular complexity index is 581. The third-order valence-corrected chi connectivity index (χ3v) is 3.65. The van der Waals surface area contributed by atoms with Crippen LogP contribution in [0.15, 0.2) is 24.3 Å². The van der Waals surface area contributed by atoms with Crippen molar-refractivity contribution in [1.82, 2.24) is 21.5 Å². The number of benzene rings is 1. The molecule has 0 aliphatic rings. The fraction of sp³-hybridized carbons (Fsp3) is 0.438.